The molecule has 3 aliphatic rings. The van der Waals surface area contributed by atoms with Crippen molar-refractivity contribution >= 4 is 57.9 Å². The molecule has 3 aliphatic heterocycles. The third-order valence-electron chi connectivity index (χ3n) is 8.00. The molecule has 0 aliphatic carbocycles. The minimum atomic E-state index is -1.32. The number of nitrogens with one attached hydrogen (secondary N) is 1. The van der Waals surface area contributed by atoms with Gasteiger partial charge in [-0.25, -0.2) is 0 Å². The number of anilines is 2. The lowest BCUT2D eigenvalue weighted by molar-refractivity contribution is -0.121. The molecule has 0 unspecified atom stereocenters. The smallest absolute Gasteiger partial charge is 0.238 e. The molecule has 3 aromatic carbocycles. The van der Waals surface area contributed by atoms with Gasteiger partial charge in [0.1, 0.15) is 11.5 Å². The number of para-hydroxylation sites is 2. The maximum atomic E-state index is 14.5. The number of carbonyl (C=O) groups excluding carboxylic acids is 3. The number of carbonyl (C=O) groups is 3. The fourth-order valence-electron chi connectivity index (χ4n) is 6.51. The predicted octanol–water partition coefficient (Wildman–Crippen LogP) is 6.26. The number of ketones is 2. The summed E-state index contributed by atoms with van der Waals surface area (Å²) >= 11 is 7.86. The van der Waals surface area contributed by atoms with Crippen LogP contribution in [-0.4, -0.2) is 29.6 Å². The molecular formula is C31H21ClN2O3S. The Bertz CT molecular complexity index is 1660. The normalized spacial score (nSPS) is 24.6. The van der Waals surface area contributed by atoms with Gasteiger partial charge in [0, 0.05) is 16.9 Å². The van der Waals surface area contributed by atoms with Crippen molar-refractivity contribution in [2.24, 2.45) is 5.92 Å². The van der Waals surface area contributed by atoms with E-state index in [1.807, 2.05) is 77.0 Å². The summed E-state index contributed by atoms with van der Waals surface area (Å²) in [5, 5.41) is 5.19. The minimum Gasteiger partial charge on any atom is -0.352 e. The quantitative estimate of drug-likeness (QED) is 0.313. The Hall–Kier alpha value is -4.00. The van der Waals surface area contributed by atoms with Gasteiger partial charge in [0.2, 0.25) is 5.91 Å². The second kappa shape index (κ2) is 8.51. The number of nitrogens with zero attached hydrogens (tertiary/aromatic N) is 1. The summed E-state index contributed by atoms with van der Waals surface area (Å²) in [5.74, 6) is -1.77. The summed E-state index contributed by atoms with van der Waals surface area (Å²) in [6.07, 6.45) is 3.96. The Morgan fingerprint density at radius 3 is 2.47 bits per heavy atom. The van der Waals surface area contributed by atoms with Crippen molar-refractivity contribution in [1.82, 2.24) is 0 Å². The number of amides is 1. The summed E-state index contributed by atoms with van der Waals surface area (Å²) < 4.78 is 0. The molecule has 1 amide bonds. The van der Waals surface area contributed by atoms with Crippen LogP contribution in [0, 0.1) is 5.92 Å². The Morgan fingerprint density at radius 1 is 0.895 bits per heavy atom. The van der Waals surface area contributed by atoms with E-state index in [1.54, 1.807) is 30.3 Å². The van der Waals surface area contributed by atoms with E-state index >= 15 is 0 Å². The number of hydrogen-bond acceptors (Lipinski definition) is 5. The number of hydrogen-bond donors (Lipinski definition) is 1. The zero-order valence-electron chi connectivity index (χ0n) is 20.0. The van der Waals surface area contributed by atoms with Gasteiger partial charge in [-0.2, -0.15) is 0 Å². The lowest BCUT2D eigenvalue weighted by Gasteiger charge is -2.37. The zero-order chi connectivity index (χ0) is 26.0. The fraction of sp³-hybridized carbons (Fsp3) is 0.129. The summed E-state index contributed by atoms with van der Waals surface area (Å²) in [5.41, 5.74) is 2.14. The summed E-state index contributed by atoms with van der Waals surface area (Å²) in [4.78, 5) is 45.8. The number of fused-ring (bicyclic) bond motifs is 6. The van der Waals surface area contributed by atoms with E-state index in [0.29, 0.717) is 21.2 Å². The van der Waals surface area contributed by atoms with Crippen molar-refractivity contribution < 1.29 is 14.4 Å². The molecule has 4 aromatic rings. The van der Waals surface area contributed by atoms with E-state index < -0.39 is 23.4 Å². The van der Waals surface area contributed by atoms with Crippen LogP contribution in [0.15, 0.2) is 96.4 Å². The third-order valence-corrected chi connectivity index (χ3v) is 9.21. The molecule has 1 spiro atoms. The highest BCUT2D eigenvalue weighted by Gasteiger charge is 2.70. The number of rotatable bonds is 4. The molecule has 7 heteroatoms. The molecule has 1 N–H and O–H groups in total. The van der Waals surface area contributed by atoms with Crippen LogP contribution >= 0.6 is 22.9 Å². The second-order valence-corrected chi connectivity index (χ2v) is 11.1. The number of halogens is 1. The van der Waals surface area contributed by atoms with Crippen LogP contribution in [0.1, 0.15) is 31.2 Å². The molecule has 0 bridgehead atoms. The van der Waals surface area contributed by atoms with Crippen LogP contribution in [0.25, 0.3) is 6.08 Å². The van der Waals surface area contributed by atoms with Gasteiger partial charge in [0.05, 0.1) is 21.9 Å². The second-order valence-electron chi connectivity index (χ2n) is 9.75. The molecule has 4 atom stereocenters. The van der Waals surface area contributed by atoms with E-state index in [2.05, 4.69) is 5.32 Å². The van der Waals surface area contributed by atoms with Gasteiger partial charge in [-0.3, -0.25) is 14.4 Å². The van der Waals surface area contributed by atoms with Gasteiger partial charge in [-0.15, -0.1) is 11.3 Å². The first-order chi connectivity index (χ1) is 18.5. The molecule has 1 saturated heterocycles. The Labute approximate surface area is 228 Å². The van der Waals surface area contributed by atoms with Gasteiger partial charge >= 0.3 is 0 Å². The van der Waals surface area contributed by atoms with Crippen molar-refractivity contribution in [3.63, 3.8) is 0 Å². The average molecular weight is 537 g/mol. The summed E-state index contributed by atoms with van der Waals surface area (Å²) in [7, 11) is 0. The molecular weight excluding hydrogens is 516 g/mol. The largest absolute Gasteiger partial charge is 0.352 e. The highest BCUT2D eigenvalue weighted by molar-refractivity contribution is 7.12. The first-order valence-electron chi connectivity index (χ1n) is 12.4. The highest BCUT2D eigenvalue weighted by atomic mass is 35.5. The van der Waals surface area contributed by atoms with E-state index in [0.717, 1.165) is 16.8 Å². The molecule has 186 valence electrons. The third kappa shape index (κ3) is 3.01. The van der Waals surface area contributed by atoms with Crippen LogP contribution in [-0.2, 0) is 10.2 Å². The molecule has 7 rings (SSSR count). The van der Waals surface area contributed by atoms with Crippen molar-refractivity contribution in [3.8, 4) is 0 Å². The minimum absolute atomic E-state index is 0.225. The van der Waals surface area contributed by atoms with E-state index in [-0.39, 0.29) is 17.5 Å². The summed E-state index contributed by atoms with van der Waals surface area (Å²) in [6.45, 7) is 0. The molecule has 0 radical (unpaired) electrons. The highest BCUT2D eigenvalue weighted by Crippen LogP contribution is 2.58. The molecule has 38 heavy (non-hydrogen) atoms. The monoisotopic (exact) mass is 536 g/mol. The Morgan fingerprint density at radius 2 is 1.66 bits per heavy atom. The van der Waals surface area contributed by atoms with Crippen LogP contribution in [0.4, 0.5) is 11.4 Å². The lowest BCUT2D eigenvalue weighted by Crippen LogP contribution is -2.51. The van der Waals surface area contributed by atoms with Crippen molar-refractivity contribution in [1.29, 1.82) is 0 Å². The SMILES string of the molecule is O=C(c1ccccc1Cl)[C@@H]1[C@@H](C(=O)c2cccs2)[C@]2(C(=O)Nc3ccccc32)[C@H]2C=Cc3ccccc3N12. The van der Waals surface area contributed by atoms with Crippen molar-refractivity contribution in [2.75, 3.05) is 10.2 Å². The van der Waals surface area contributed by atoms with Crippen LogP contribution in [0.5, 0.6) is 0 Å². The van der Waals surface area contributed by atoms with Crippen molar-refractivity contribution in [2.45, 2.75) is 17.5 Å². The fourth-order valence-corrected chi connectivity index (χ4v) is 7.45. The average Bonchev–Trinajstić information content (AvgIpc) is 3.65. The van der Waals surface area contributed by atoms with Gasteiger partial charge in [-0.05, 0) is 46.8 Å². The topological polar surface area (TPSA) is 66.5 Å². The first-order valence-corrected chi connectivity index (χ1v) is 13.6. The predicted molar refractivity (Wildman–Crippen MR) is 150 cm³/mol. The number of Topliss-reactive ketones (excluding diaryl/α,β-unsaturated/α-hetero) is 2. The number of benzene rings is 3. The zero-order valence-corrected chi connectivity index (χ0v) is 21.6. The maximum absolute atomic E-state index is 14.5. The molecule has 5 nitrogen and oxygen atoms in total. The standard InChI is InChI=1S/C31H21ClN2O3S/c32-21-11-4-2-9-19(21)28(35)27-26(29(36)24-14-7-17-38-24)31(20-10-3-5-12-22(20)33-30(31)37)25-16-15-18-8-1-6-13-23(18)34(25)27/h1-17,25-27H,(H,33,37)/t25-,26+,27+,31-/m1/s1. The lowest BCUT2D eigenvalue weighted by atomic mass is 9.64. The van der Waals surface area contributed by atoms with Crippen molar-refractivity contribution in [3.05, 3.63) is 123 Å². The Balaban J connectivity index is 1.56. The van der Waals surface area contributed by atoms with Gasteiger partial charge in [-0.1, -0.05) is 78.4 Å². The first kappa shape index (κ1) is 23.1. The molecule has 1 aromatic heterocycles. The van der Waals surface area contributed by atoms with E-state index in [9.17, 15) is 14.4 Å². The van der Waals surface area contributed by atoms with E-state index in [4.69, 9.17) is 11.6 Å². The van der Waals surface area contributed by atoms with Gasteiger partial charge in [0.15, 0.2) is 11.6 Å². The maximum Gasteiger partial charge on any atom is 0.238 e. The van der Waals surface area contributed by atoms with Crippen LogP contribution < -0.4 is 10.2 Å². The van der Waals surface area contributed by atoms with Gasteiger partial charge in [0.25, 0.3) is 0 Å². The Kier molecular flexibility index (Phi) is 5.18. The summed E-state index contributed by atoms with van der Waals surface area (Å²) in [6, 6.07) is 24.2. The van der Waals surface area contributed by atoms with Gasteiger partial charge < -0.3 is 10.2 Å². The van der Waals surface area contributed by atoms with Crippen LogP contribution in [0.3, 0.4) is 0 Å². The molecule has 0 saturated carbocycles. The number of thiophene rings is 1. The van der Waals surface area contributed by atoms with E-state index in [1.165, 1.54) is 11.3 Å². The van der Waals surface area contributed by atoms with Crippen LogP contribution in [0.2, 0.25) is 5.02 Å². The molecule has 4 heterocycles. The molecule has 1 fully saturated rings.